The lowest BCUT2D eigenvalue weighted by atomic mass is 9.95. The van der Waals surface area contributed by atoms with Crippen LogP contribution in [0.4, 0.5) is 0 Å². The summed E-state index contributed by atoms with van der Waals surface area (Å²) in [7, 11) is 0. The molecule has 2 heteroatoms. The van der Waals surface area contributed by atoms with Crippen molar-refractivity contribution >= 4 is 28.4 Å². The van der Waals surface area contributed by atoms with Crippen LogP contribution in [-0.4, -0.2) is 5.78 Å². The van der Waals surface area contributed by atoms with E-state index in [2.05, 4.69) is 48.6 Å². The average Bonchev–Trinajstić information content (AvgIpc) is 2.48. The van der Waals surface area contributed by atoms with Gasteiger partial charge in [0.05, 0.1) is 0 Å². The van der Waals surface area contributed by atoms with Gasteiger partial charge in [0.15, 0.2) is 5.78 Å². The van der Waals surface area contributed by atoms with Crippen LogP contribution in [0.2, 0.25) is 0 Å². The third kappa shape index (κ3) is 3.11. The quantitative estimate of drug-likeness (QED) is 0.518. The van der Waals surface area contributed by atoms with Gasteiger partial charge in [-0.2, -0.15) is 0 Å². The number of halogens is 1. The van der Waals surface area contributed by atoms with Gasteiger partial charge >= 0.3 is 0 Å². The van der Waals surface area contributed by atoms with E-state index in [0.717, 1.165) is 26.7 Å². The summed E-state index contributed by atoms with van der Waals surface area (Å²) in [5.41, 5.74) is 4.00. The van der Waals surface area contributed by atoms with Crippen molar-refractivity contribution in [2.24, 2.45) is 0 Å². The molecular weight excluding hydrogens is 359 g/mol. The van der Waals surface area contributed by atoms with Crippen LogP contribution in [0, 0.1) is 10.5 Å². The Morgan fingerprint density at radius 3 is 2.40 bits per heavy atom. The van der Waals surface area contributed by atoms with Crippen LogP contribution >= 0.6 is 22.6 Å². The lowest BCUT2D eigenvalue weighted by Gasteiger charge is -2.10. The van der Waals surface area contributed by atoms with Crippen molar-refractivity contribution in [1.82, 2.24) is 0 Å². The first kappa shape index (κ1) is 15.2. The Morgan fingerprint density at radius 1 is 1.15 bits per heavy atom. The van der Waals surface area contributed by atoms with E-state index in [-0.39, 0.29) is 5.78 Å². The topological polar surface area (TPSA) is 17.1 Å². The molecule has 0 aromatic heterocycles. The highest BCUT2D eigenvalue weighted by molar-refractivity contribution is 14.1. The first-order valence-electron chi connectivity index (χ1n) is 6.94. The van der Waals surface area contributed by atoms with Crippen LogP contribution in [0.15, 0.2) is 42.5 Å². The summed E-state index contributed by atoms with van der Waals surface area (Å²) in [5, 5.41) is 0. The fourth-order valence-corrected chi connectivity index (χ4v) is 2.78. The normalized spacial score (nSPS) is 12.2. The minimum atomic E-state index is 0.105. The molecule has 1 nitrogen and oxygen atoms in total. The number of rotatable bonds is 4. The van der Waals surface area contributed by atoms with Crippen molar-refractivity contribution in [3.05, 3.63) is 68.3 Å². The standard InChI is InChI=1S/C18H19IO/c1-4-12(2)14-8-10-15(11-9-14)18(20)16-7-5-6-13(3)17(16)19/h5-12H,4H2,1-3H3. The van der Waals surface area contributed by atoms with Crippen LogP contribution in [0.5, 0.6) is 0 Å². The highest BCUT2D eigenvalue weighted by Gasteiger charge is 2.14. The SMILES string of the molecule is CCC(C)c1ccc(C(=O)c2cccc(C)c2I)cc1. The molecule has 0 heterocycles. The lowest BCUT2D eigenvalue weighted by Crippen LogP contribution is -2.05. The van der Waals surface area contributed by atoms with Crippen LogP contribution in [0.25, 0.3) is 0 Å². The molecule has 0 amide bonds. The second-order valence-corrected chi connectivity index (χ2v) is 6.28. The van der Waals surface area contributed by atoms with Gasteiger partial charge in [-0.1, -0.05) is 50.2 Å². The molecule has 104 valence electrons. The predicted molar refractivity (Wildman–Crippen MR) is 92.5 cm³/mol. The van der Waals surface area contributed by atoms with Crippen LogP contribution < -0.4 is 0 Å². The first-order valence-corrected chi connectivity index (χ1v) is 8.02. The molecule has 0 bridgehead atoms. The molecule has 0 saturated heterocycles. The molecule has 0 saturated carbocycles. The molecule has 20 heavy (non-hydrogen) atoms. The zero-order valence-corrected chi connectivity index (χ0v) is 14.3. The van der Waals surface area contributed by atoms with E-state index in [0.29, 0.717) is 5.92 Å². The first-order chi connectivity index (χ1) is 9.54. The molecule has 0 spiro atoms. The number of benzene rings is 2. The van der Waals surface area contributed by atoms with E-state index in [9.17, 15) is 4.79 Å². The van der Waals surface area contributed by atoms with Crippen molar-refractivity contribution in [3.8, 4) is 0 Å². The Labute approximate surface area is 134 Å². The smallest absolute Gasteiger partial charge is 0.194 e. The predicted octanol–water partition coefficient (Wildman–Crippen LogP) is 5.34. The average molecular weight is 378 g/mol. The second-order valence-electron chi connectivity index (χ2n) is 5.20. The summed E-state index contributed by atoms with van der Waals surface area (Å²) in [4.78, 5) is 12.6. The van der Waals surface area contributed by atoms with Crippen molar-refractivity contribution in [2.75, 3.05) is 0 Å². The summed E-state index contributed by atoms with van der Waals surface area (Å²) in [6.07, 6.45) is 1.11. The molecule has 1 atom stereocenters. The Hall–Kier alpha value is -1.16. The molecule has 1 unspecified atom stereocenters. The molecule has 0 radical (unpaired) electrons. The third-order valence-electron chi connectivity index (χ3n) is 3.79. The maximum Gasteiger partial charge on any atom is 0.194 e. The van der Waals surface area contributed by atoms with E-state index in [1.165, 1.54) is 5.56 Å². The van der Waals surface area contributed by atoms with Gasteiger partial charge in [-0.05, 0) is 59.0 Å². The van der Waals surface area contributed by atoms with Crippen LogP contribution in [0.3, 0.4) is 0 Å². The van der Waals surface area contributed by atoms with E-state index in [1.807, 2.05) is 37.3 Å². The summed E-state index contributed by atoms with van der Waals surface area (Å²) in [5.74, 6) is 0.645. The van der Waals surface area contributed by atoms with Crippen molar-refractivity contribution in [1.29, 1.82) is 0 Å². The van der Waals surface area contributed by atoms with E-state index in [1.54, 1.807) is 0 Å². The Morgan fingerprint density at radius 2 is 1.80 bits per heavy atom. The minimum Gasteiger partial charge on any atom is -0.289 e. The Balaban J connectivity index is 2.32. The molecule has 2 rings (SSSR count). The van der Waals surface area contributed by atoms with E-state index < -0.39 is 0 Å². The van der Waals surface area contributed by atoms with Crippen molar-refractivity contribution < 1.29 is 4.79 Å². The fourth-order valence-electron chi connectivity index (χ4n) is 2.18. The Bertz CT molecular complexity index is 614. The molecule has 2 aromatic rings. The van der Waals surface area contributed by atoms with Gasteiger partial charge < -0.3 is 0 Å². The van der Waals surface area contributed by atoms with Gasteiger partial charge in [-0.15, -0.1) is 0 Å². The van der Waals surface area contributed by atoms with Crippen molar-refractivity contribution in [2.45, 2.75) is 33.1 Å². The number of hydrogen-bond acceptors (Lipinski definition) is 1. The van der Waals surface area contributed by atoms with Gasteiger partial charge in [0.25, 0.3) is 0 Å². The Kier molecular flexibility index (Phi) is 4.97. The number of ketones is 1. The van der Waals surface area contributed by atoms with Gasteiger partial charge in [0, 0.05) is 14.7 Å². The third-order valence-corrected chi connectivity index (χ3v) is 5.22. The number of aryl methyl sites for hydroxylation is 1. The number of carbonyl (C=O) groups is 1. The summed E-state index contributed by atoms with van der Waals surface area (Å²) in [6, 6.07) is 13.9. The zero-order valence-electron chi connectivity index (χ0n) is 12.1. The van der Waals surface area contributed by atoms with Gasteiger partial charge in [0.1, 0.15) is 0 Å². The van der Waals surface area contributed by atoms with Gasteiger partial charge in [0.2, 0.25) is 0 Å². The van der Waals surface area contributed by atoms with E-state index >= 15 is 0 Å². The largest absolute Gasteiger partial charge is 0.289 e. The van der Waals surface area contributed by atoms with Crippen molar-refractivity contribution in [3.63, 3.8) is 0 Å². The van der Waals surface area contributed by atoms with Crippen LogP contribution in [-0.2, 0) is 0 Å². The molecule has 0 aliphatic carbocycles. The molecule has 2 aromatic carbocycles. The molecular formula is C18H19IO. The van der Waals surface area contributed by atoms with Gasteiger partial charge in [-0.3, -0.25) is 4.79 Å². The van der Waals surface area contributed by atoms with E-state index in [4.69, 9.17) is 0 Å². The number of hydrogen-bond donors (Lipinski definition) is 0. The maximum absolute atomic E-state index is 12.6. The summed E-state index contributed by atoms with van der Waals surface area (Å²) >= 11 is 2.25. The lowest BCUT2D eigenvalue weighted by molar-refractivity contribution is 0.103. The molecule has 0 aliphatic heterocycles. The monoisotopic (exact) mass is 378 g/mol. The highest BCUT2D eigenvalue weighted by Crippen LogP contribution is 2.22. The minimum absolute atomic E-state index is 0.105. The summed E-state index contributed by atoms with van der Waals surface area (Å²) < 4.78 is 1.04. The maximum atomic E-state index is 12.6. The van der Waals surface area contributed by atoms with Crippen LogP contribution in [0.1, 0.15) is 53.2 Å². The second kappa shape index (κ2) is 6.53. The fraction of sp³-hybridized carbons (Fsp3) is 0.278. The molecule has 0 fully saturated rings. The summed E-state index contributed by atoms with van der Waals surface area (Å²) in [6.45, 7) is 6.42. The van der Waals surface area contributed by atoms with Gasteiger partial charge in [-0.25, -0.2) is 0 Å². The molecule has 0 aliphatic rings. The zero-order chi connectivity index (χ0) is 14.7. The number of carbonyl (C=O) groups excluding carboxylic acids is 1. The highest BCUT2D eigenvalue weighted by atomic mass is 127. The molecule has 0 N–H and O–H groups in total.